The molecular formula is C17H22N2S. The lowest BCUT2D eigenvalue weighted by molar-refractivity contribution is 0.524. The number of pyridine rings is 1. The van der Waals surface area contributed by atoms with Crippen molar-refractivity contribution in [2.45, 2.75) is 37.0 Å². The molecule has 0 radical (unpaired) electrons. The van der Waals surface area contributed by atoms with Crippen molar-refractivity contribution in [2.75, 3.05) is 6.54 Å². The number of nitrogens with zero attached hydrogens (tertiary/aromatic N) is 1. The van der Waals surface area contributed by atoms with Crippen LogP contribution in [0.1, 0.15) is 37.6 Å². The summed E-state index contributed by atoms with van der Waals surface area (Å²) in [5.74, 6) is 0.992. The second kappa shape index (κ2) is 8.08. The molecule has 1 aromatic heterocycles. The van der Waals surface area contributed by atoms with E-state index in [0.717, 1.165) is 24.4 Å². The topological polar surface area (TPSA) is 24.9 Å². The summed E-state index contributed by atoms with van der Waals surface area (Å²) >= 11 is 1.83. The summed E-state index contributed by atoms with van der Waals surface area (Å²) in [6.45, 7) is 5.30. The zero-order chi connectivity index (χ0) is 14.2. The predicted molar refractivity (Wildman–Crippen MR) is 86.9 cm³/mol. The van der Waals surface area contributed by atoms with Gasteiger partial charge in [0.05, 0.1) is 5.69 Å². The average Bonchev–Trinajstić information content (AvgIpc) is 2.52. The Bertz CT molecular complexity index is 496. The first-order valence-corrected chi connectivity index (χ1v) is 8.18. The zero-order valence-electron chi connectivity index (χ0n) is 12.2. The number of aromatic nitrogens is 1. The van der Waals surface area contributed by atoms with Gasteiger partial charge in [-0.1, -0.05) is 44.2 Å². The molecule has 0 aliphatic carbocycles. The smallest absolute Gasteiger partial charge is 0.0573 e. The summed E-state index contributed by atoms with van der Waals surface area (Å²) in [6, 6.07) is 15.2. The monoisotopic (exact) mass is 286 g/mol. The van der Waals surface area contributed by atoms with Crippen LogP contribution in [0.4, 0.5) is 0 Å². The molecule has 20 heavy (non-hydrogen) atoms. The van der Waals surface area contributed by atoms with E-state index in [9.17, 15) is 0 Å². The quantitative estimate of drug-likeness (QED) is 0.762. The number of thioether (sulfide) groups is 1. The van der Waals surface area contributed by atoms with Gasteiger partial charge in [0.15, 0.2) is 0 Å². The molecule has 1 N–H and O–H groups in total. The third-order valence-corrected chi connectivity index (χ3v) is 4.28. The minimum atomic E-state index is 0.369. The van der Waals surface area contributed by atoms with E-state index in [-0.39, 0.29) is 0 Å². The maximum absolute atomic E-state index is 4.60. The Balaban J connectivity index is 1.94. The highest BCUT2D eigenvalue weighted by atomic mass is 32.2. The van der Waals surface area contributed by atoms with Gasteiger partial charge < -0.3 is 5.32 Å². The summed E-state index contributed by atoms with van der Waals surface area (Å²) in [5.41, 5.74) is 2.49. The van der Waals surface area contributed by atoms with Gasteiger partial charge in [-0.05, 0) is 30.7 Å². The Morgan fingerprint density at radius 3 is 2.50 bits per heavy atom. The largest absolute Gasteiger partial charge is 0.309 e. The van der Waals surface area contributed by atoms with Gasteiger partial charge >= 0.3 is 0 Å². The Kier molecular flexibility index (Phi) is 6.09. The van der Waals surface area contributed by atoms with Gasteiger partial charge in [-0.2, -0.15) is 0 Å². The molecule has 106 valence electrons. The zero-order valence-corrected chi connectivity index (χ0v) is 13.0. The van der Waals surface area contributed by atoms with Crippen LogP contribution in [-0.4, -0.2) is 11.5 Å². The van der Waals surface area contributed by atoms with E-state index in [1.54, 1.807) is 0 Å². The van der Waals surface area contributed by atoms with Crippen LogP contribution in [0.2, 0.25) is 0 Å². The molecule has 1 unspecified atom stereocenters. The molecule has 0 saturated carbocycles. The third-order valence-electron chi connectivity index (χ3n) is 3.22. The molecule has 1 aromatic carbocycles. The van der Waals surface area contributed by atoms with Gasteiger partial charge in [0.1, 0.15) is 0 Å². The van der Waals surface area contributed by atoms with E-state index in [0.29, 0.717) is 6.04 Å². The molecule has 0 spiro atoms. The molecular weight excluding hydrogens is 264 g/mol. The maximum Gasteiger partial charge on any atom is 0.0573 e. The van der Waals surface area contributed by atoms with Gasteiger partial charge in [0, 0.05) is 22.9 Å². The Morgan fingerprint density at radius 2 is 1.90 bits per heavy atom. The molecule has 2 nitrogen and oxygen atoms in total. The Hall–Kier alpha value is -1.32. The average molecular weight is 286 g/mol. The molecule has 1 atom stereocenters. The molecule has 1 heterocycles. The van der Waals surface area contributed by atoms with E-state index in [1.807, 2.05) is 18.0 Å². The molecule has 0 amide bonds. The molecule has 0 aliphatic rings. The fourth-order valence-electron chi connectivity index (χ4n) is 2.13. The Morgan fingerprint density at radius 1 is 1.10 bits per heavy atom. The van der Waals surface area contributed by atoms with Crippen molar-refractivity contribution in [1.29, 1.82) is 0 Å². The summed E-state index contributed by atoms with van der Waals surface area (Å²) in [7, 11) is 0. The first-order chi connectivity index (χ1) is 9.83. The number of benzene rings is 1. The molecule has 0 bridgehead atoms. The van der Waals surface area contributed by atoms with E-state index in [1.165, 1.54) is 10.5 Å². The summed E-state index contributed by atoms with van der Waals surface area (Å²) in [5, 5.41) is 3.46. The van der Waals surface area contributed by atoms with Gasteiger partial charge in [-0.25, -0.2) is 0 Å². The minimum absolute atomic E-state index is 0.369. The van der Waals surface area contributed by atoms with Gasteiger partial charge in [0.2, 0.25) is 0 Å². The van der Waals surface area contributed by atoms with Gasteiger partial charge in [-0.15, -0.1) is 11.8 Å². The normalized spacial score (nSPS) is 12.3. The van der Waals surface area contributed by atoms with Crippen molar-refractivity contribution in [1.82, 2.24) is 10.3 Å². The van der Waals surface area contributed by atoms with Crippen LogP contribution in [0, 0.1) is 0 Å². The van der Waals surface area contributed by atoms with Crippen LogP contribution in [0.5, 0.6) is 0 Å². The number of hydrogen-bond donors (Lipinski definition) is 1. The van der Waals surface area contributed by atoms with Crippen LogP contribution in [0.25, 0.3) is 0 Å². The van der Waals surface area contributed by atoms with Crippen LogP contribution in [0.3, 0.4) is 0 Å². The highest BCUT2D eigenvalue weighted by Gasteiger charge is 2.08. The van der Waals surface area contributed by atoms with Crippen molar-refractivity contribution in [3.63, 3.8) is 0 Å². The standard InChI is InChI=1S/C17H22N2S/c1-3-16(18-4-2)17-11-10-15(12-19-17)20-13-14-8-6-5-7-9-14/h5-12,16,18H,3-4,13H2,1-2H3. The van der Waals surface area contributed by atoms with Crippen LogP contribution in [0.15, 0.2) is 53.6 Å². The van der Waals surface area contributed by atoms with E-state index >= 15 is 0 Å². The fraction of sp³-hybridized carbons (Fsp3) is 0.353. The number of nitrogens with one attached hydrogen (secondary N) is 1. The first-order valence-electron chi connectivity index (χ1n) is 7.19. The summed E-state index contributed by atoms with van der Waals surface area (Å²) < 4.78 is 0. The molecule has 0 aliphatic heterocycles. The SMILES string of the molecule is CCNC(CC)c1ccc(SCc2ccccc2)cn1. The first kappa shape index (κ1) is 15.1. The van der Waals surface area contributed by atoms with Gasteiger partial charge in [-0.3, -0.25) is 4.98 Å². The predicted octanol–water partition coefficient (Wildman–Crippen LogP) is 4.43. The van der Waals surface area contributed by atoms with E-state index < -0.39 is 0 Å². The number of hydrogen-bond acceptors (Lipinski definition) is 3. The van der Waals surface area contributed by atoms with Crippen molar-refractivity contribution >= 4 is 11.8 Å². The summed E-state index contributed by atoms with van der Waals surface area (Å²) in [4.78, 5) is 5.82. The van der Waals surface area contributed by atoms with Crippen molar-refractivity contribution in [3.8, 4) is 0 Å². The molecule has 0 saturated heterocycles. The van der Waals surface area contributed by atoms with Gasteiger partial charge in [0.25, 0.3) is 0 Å². The second-order valence-electron chi connectivity index (χ2n) is 4.71. The van der Waals surface area contributed by atoms with Crippen LogP contribution in [-0.2, 0) is 5.75 Å². The highest BCUT2D eigenvalue weighted by Crippen LogP contribution is 2.23. The van der Waals surface area contributed by atoms with Crippen molar-refractivity contribution in [3.05, 3.63) is 59.9 Å². The lowest BCUT2D eigenvalue weighted by atomic mass is 10.1. The molecule has 2 aromatic rings. The molecule has 0 fully saturated rings. The minimum Gasteiger partial charge on any atom is -0.309 e. The molecule has 2 rings (SSSR count). The van der Waals surface area contributed by atoms with Crippen molar-refractivity contribution in [2.24, 2.45) is 0 Å². The lowest BCUT2D eigenvalue weighted by Gasteiger charge is -2.15. The Labute approximate surface area is 126 Å². The lowest BCUT2D eigenvalue weighted by Crippen LogP contribution is -2.20. The summed E-state index contributed by atoms with van der Waals surface area (Å²) in [6.07, 6.45) is 3.06. The van der Waals surface area contributed by atoms with Crippen molar-refractivity contribution < 1.29 is 0 Å². The fourth-order valence-corrected chi connectivity index (χ4v) is 2.95. The van der Waals surface area contributed by atoms with E-state index in [2.05, 4.69) is 66.6 Å². The van der Waals surface area contributed by atoms with Crippen LogP contribution < -0.4 is 5.32 Å². The molecule has 3 heteroatoms. The maximum atomic E-state index is 4.60. The van der Waals surface area contributed by atoms with E-state index in [4.69, 9.17) is 0 Å². The van der Waals surface area contributed by atoms with Crippen LogP contribution >= 0.6 is 11.8 Å². The number of rotatable bonds is 7. The second-order valence-corrected chi connectivity index (χ2v) is 5.76. The highest BCUT2D eigenvalue weighted by molar-refractivity contribution is 7.98. The third kappa shape index (κ3) is 4.36.